The van der Waals surface area contributed by atoms with Gasteiger partial charge in [0.2, 0.25) is 5.91 Å². The number of halogens is 2. The number of hydrogen-bond acceptors (Lipinski definition) is 2. The van der Waals surface area contributed by atoms with Crippen LogP contribution in [0.5, 0.6) is 0 Å². The predicted octanol–water partition coefficient (Wildman–Crippen LogP) is 3.22. The maximum Gasteiger partial charge on any atom is 0.231 e. The van der Waals surface area contributed by atoms with Crippen molar-refractivity contribution in [1.82, 2.24) is 0 Å². The van der Waals surface area contributed by atoms with E-state index in [1.165, 1.54) is 0 Å². The number of rotatable bonds is 3. The first-order chi connectivity index (χ1) is 8.16. The largest absolute Gasteiger partial charge is 0.329 e. The van der Waals surface area contributed by atoms with E-state index in [1.807, 2.05) is 0 Å². The Morgan fingerprint density at radius 1 is 1.28 bits per heavy atom. The minimum Gasteiger partial charge on any atom is -0.329 e. The second-order valence-corrected chi connectivity index (χ2v) is 5.09. The highest BCUT2D eigenvalue weighted by Gasteiger charge is 2.39. The van der Waals surface area contributed by atoms with E-state index in [1.54, 1.807) is 24.3 Å². The molecule has 100 valence electrons. The predicted molar refractivity (Wildman–Crippen MR) is 77.3 cm³/mol. The molecule has 0 bridgehead atoms. The van der Waals surface area contributed by atoms with Crippen molar-refractivity contribution in [3.63, 3.8) is 0 Å². The first-order valence-corrected chi connectivity index (χ1v) is 6.31. The van der Waals surface area contributed by atoms with Crippen LogP contribution >= 0.6 is 24.0 Å². The van der Waals surface area contributed by atoms with Crippen LogP contribution in [0.25, 0.3) is 0 Å². The van der Waals surface area contributed by atoms with Crippen LogP contribution in [0.15, 0.2) is 24.3 Å². The lowest BCUT2D eigenvalue weighted by Crippen LogP contribution is -2.40. The Balaban J connectivity index is 0.00000162. The summed E-state index contributed by atoms with van der Waals surface area (Å²) in [5.41, 5.74) is 6.18. The number of hydrogen-bond donors (Lipinski definition) is 2. The van der Waals surface area contributed by atoms with Crippen LogP contribution in [0, 0.1) is 5.41 Å². The Morgan fingerprint density at radius 2 is 1.83 bits per heavy atom. The molecule has 3 N–H and O–H groups in total. The Labute approximate surface area is 118 Å². The van der Waals surface area contributed by atoms with Crippen molar-refractivity contribution in [3.8, 4) is 0 Å². The fraction of sp³-hybridized carbons (Fsp3) is 0.462. The van der Waals surface area contributed by atoms with Gasteiger partial charge in [0.05, 0.1) is 5.41 Å². The quantitative estimate of drug-likeness (QED) is 0.897. The molecule has 1 aromatic rings. The van der Waals surface area contributed by atoms with Gasteiger partial charge >= 0.3 is 0 Å². The van der Waals surface area contributed by atoms with Crippen LogP contribution in [-0.2, 0) is 4.79 Å². The molecule has 0 radical (unpaired) electrons. The highest BCUT2D eigenvalue weighted by molar-refractivity contribution is 6.30. The maximum absolute atomic E-state index is 12.2. The van der Waals surface area contributed by atoms with Crippen LogP contribution in [0.3, 0.4) is 0 Å². The SMILES string of the molecule is Cl.NCC1(C(=O)Nc2ccc(Cl)cc2)CCCC1. The summed E-state index contributed by atoms with van der Waals surface area (Å²) < 4.78 is 0. The summed E-state index contributed by atoms with van der Waals surface area (Å²) in [6.07, 6.45) is 3.96. The molecule has 1 aliphatic carbocycles. The van der Waals surface area contributed by atoms with E-state index in [2.05, 4.69) is 5.32 Å². The third-order valence-corrected chi connectivity index (χ3v) is 3.79. The zero-order chi connectivity index (χ0) is 12.3. The van der Waals surface area contributed by atoms with E-state index in [-0.39, 0.29) is 23.7 Å². The van der Waals surface area contributed by atoms with Crippen molar-refractivity contribution >= 4 is 35.6 Å². The fourth-order valence-electron chi connectivity index (χ4n) is 2.37. The van der Waals surface area contributed by atoms with E-state index >= 15 is 0 Å². The molecule has 0 aromatic heterocycles. The fourth-order valence-corrected chi connectivity index (χ4v) is 2.50. The lowest BCUT2D eigenvalue weighted by atomic mass is 9.85. The summed E-state index contributed by atoms with van der Waals surface area (Å²) in [6.45, 7) is 0.423. The third-order valence-electron chi connectivity index (χ3n) is 3.54. The van der Waals surface area contributed by atoms with Gasteiger partial charge in [0.1, 0.15) is 0 Å². The van der Waals surface area contributed by atoms with E-state index in [0.717, 1.165) is 31.4 Å². The molecular weight excluding hydrogens is 271 g/mol. The Kier molecular flexibility index (Phi) is 5.45. The molecule has 1 aromatic carbocycles. The van der Waals surface area contributed by atoms with Crippen LogP contribution in [0.1, 0.15) is 25.7 Å². The van der Waals surface area contributed by atoms with Crippen LogP contribution in [0.4, 0.5) is 5.69 Å². The van der Waals surface area contributed by atoms with Crippen molar-refractivity contribution in [2.45, 2.75) is 25.7 Å². The Hall–Kier alpha value is -0.770. The average molecular weight is 289 g/mol. The number of carbonyl (C=O) groups is 1. The minimum absolute atomic E-state index is 0. The number of nitrogens with one attached hydrogen (secondary N) is 1. The molecule has 5 heteroatoms. The van der Waals surface area contributed by atoms with E-state index in [0.29, 0.717) is 11.6 Å². The molecule has 1 fully saturated rings. The van der Waals surface area contributed by atoms with Gasteiger partial charge < -0.3 is 11.1 Å². The van der Waals surface area contributed by atoms with Crippen molar-refractivity contribution in [2.75, 3.05) is 11.9 Å². The van der Waals surface area contributed by atoms with E-state index < -0.39 is 0 Å². The first-order valence-electron chi connectivity index (χ1n) is 5.93. The molecule has 0 atom stereocenters. The summed E-state index contributed by atoms with van der Waals surface area (Å²) in [4.78, 5) is 12.2. The average Bonchev–Trinajstić information content (AvgIpc) is 2.82. The molecule has 0 heterocycles. The van der Waals surface area contributed by atoms with Crippen molar-refractivity contribution in [3.05, 3.63) is 29.3 Å². The zero-order valence-corrected chi connectivity index (χ0v) is 11.7. The highest BCUT2D eigenvalue weighted by Crippen LogP contribution is 2.38. The van der Waals surface area contributed by atoms with Gasteiger partial charge in [0, 0.05) is 17.3 Å². The molecule has 18 heavy (non-hydrogen) atoms. The molecule has 0 spiro atoms. The van der Waals surface area contributed by atoms with E-state index in [4.69, 9.17) is 17.3 Å². The minimum atomic E-state index is -0.361. The van der Waals surface area contributed by atoms with Gasteiger partial charge in [0.25, 0.3) is 0 Å². The smallest absolute Gasteiger partial charge is 0.231 e. The summed E-state index contributed by atoms with van der Waals surface area (Å²) in [7, 11) is 0. The maximum atomic E-state index is 12.2. The normalized spacial score (nSPS) is 17.0. The van der Waals surface area contributed by atoms with Crippen molar-refractivity contribution in [1.29, 1.82) is 0 Å². The topological polar surface area (TPSA) is 55.1 Å². The summed E-state index contributed by atoms with van der Waals surface area (Å²) >= 11 is 5.80. The van der Waals surface area contributed by atoms with Crippen molar-refractivity contribution in [2.24, 2.45) is 11.1 Å². The van der Waals surface area contributed by atoms with Gasteiger partial charge in [-0.2, -0.15) is 0 Å². The number of carbonyl (C=O) groups excluding carboxylic acids is 1. The summed E-state index contributed by atoms with van der Waals surface area (Å²) in [5, 5.41) is 3.59. The van der Waals surface area contributed by atoms with E-state index in [9.17, 15) is 4.79 Å². The monoisotopic (exact) mass is 288 g/mol. The number of benzene rings is 1. The van der Waals surface area contributed by atoms with Gasteiger partial charge in [-0.15, -0.1) is 12.4 Å². The number of amides is 1. The van der Waals surface area contributed by atoms with Crippen LogP contribution < -0.4 is 11.1 Å². The molecule has 0 saturated heterocycles. The van der Waals surface area contributed by atoms with Gasteiger partial charge in [-0.25, -0.2) is 0 Å². The second-order valence-electron chi connectivity index (χ2n) is 4.65. The van der Waals surface area contributed by atoms with Gasteiger partial charge in [0.15, 0.2) is 0 Å². The molecule has 1 amide bonds. The Morgan fingerprint density at radius 3 is 2.33 bits per heavy atom. The number of anilines is 1. The molecule has 1 aliphatic rings. The molecular formula is C13H18Cl2N2O. The number of nitrogens with two attached hydrogens (primary N) is 1. The molecule has 1 saturated carbocycles. The molecule has 3 nitrogen and oxygen atoms in total. The molecule has 0 aliphatic heterocycles. The second kappa shape index (κ2) is 6.41. The van der Waals surface area contributed by atoms with Crippen LogP contribution in [-0.4, -0.2) is 12.5 Å². The van der Waals surface area contributed by atoms with Gasteiger partial charge in [-0.05, 0) is 37.1 Å². The molecule has 2 rings (SSSR count). The van der Waals surface area contributed by atoms with Gasteiger partial charge in [-0.1, -0.05) is 24.4 Å². The summed E-state index contributed by atoms with van der Waals surface area (Å²) in [5.74, 6) is 0.0415. The molecule has 0 unspecified atom stereocenters. The van der Waals surface area contributed by atoms with Crippen LogP contribution in [0.2, 0.25) is 5.02 Å². The van der Waals surface area contributed by atoms with Crippen molar-refractivity contribution < 1.29 is 4.79 Å². The lowest BCUT2D eigenvalue weighted by molar-refractivity contribution is -0.124. The highest BCUT2D eigenvalue weighted by atomic mass is 35.5. The lowest BCUT2D eigenvalue weighted by Gasteiger charge is -2.25. The Bertz CT molecular complexity index is 400. The first kappa shape index (κ1) is 15.3. The standard InChI is InChI=1S/C13H17ClN2O.ClH/c14-10-3-5-11(6-4-10)16-12(17)13(9-15)7-1-2-8-13;/h3-6H,1-2,7-9,15H2,(H,16,17);1H. The zero-order valence-electron chi connectivity index (χ0n) is 10.1. The third kappa shape index (κ3) is 3.16. The van der Waals surface area contributed by atoms with Gasteiger partial charge in [-0.3, -0.25) is 4.79 Å². The summed E-state index contributed by atoms with van der Waals surface area (Å²) in [6, 6.07) is 7.14.